The number of nitrogens with zero attached hydrogens (tertiary/aromatic N) is 1. The van der Waals surface area contributed by atoms with Gasteiger partial charge < -0.3 is 25.8 Å². The summed E-state index contributed by atoms with van der Waals surface area (Å²) in [6, 6.07) is 15.1. The molecule has 7 nitrogen and oxygen atoms in total. The van der Waals surface area contributed by atoms with E-state index in [-0.39, 0.29) is 18.2 Å². The van der Waals surface area contributed by atoms with Crippen LogP contribution < -0.4 is 21.1 Å². The van der Waals surface area contributed by atoms with E-state index >= 15 is 0 Å². The van der Waals surface area contributed by atoms with Gasteiger partial charge in [0.05, 0.1) is 18.8 Å². The van der Waals surface area contributed by atoms with Gasteiger partial charge in [-0.05, 0) is 67.6 Å². The number of anilines is 3. The van der Waals surface area contributed by atoms with E-state index in [0.717, 1.165) is 11.4 Å². The fourth-order valence-corrected chi connectivity index (χ4v) is 2.65. The Morgan fingerprint density at radius 3 is 2.35 bits per heavy atom. The Morgan fingerprint density at radius 2 is 1.71 bits per heavy atom. The molecular formula is C23H23FN4O3. The van der Waals surface area contributed by atoms with E-state index in [1.165, 1.54) is 30.5 Å². The highest BCUT2D eigenvalue weighted by Crippen LogP contribution is 2.29. The van der Waals surface area contributed by atoms with E-state index in [4.69, 9.17) is 15.2 Å². The molecule has 4 N–H and O–H groups in total. The number of esters is 1. The molecule has 0 saturated heterocycles. The van der Waals surface area contributed by atoms with E-state index in [2.05, 4.69) is 15.6 Å². The van der Waals surface area contributed by atoms with Gasteiger partial charge in [-0.3, -0.25) is 0 Å². The quantitative estimate of drug-likeness (QED) is 0.262. The summed E-state index contributed by atoms with van der Waals surface area (Å²) >= 11 is 0. The largest absolute Gasteiger partial charge is 0.463 e. The van der Waals surface area contributed by atoms with Crippen LogP contribution in [0.1, 0.15) is 12.5 Å². The Labute approximate surface area is 179 Å². The average molecular weight is 422 g/mol. The molecular weight excluding hydrogens is 399 g/mol. The first-order valence-electron chi connectivity index (χ1n) is 9.65. The van der Waals surface area contributed by atoms with E-state index in [1.54, 1.807) is 37.3 Å². The van der Waals surface area contributed by atoms with Gasteiger partial charge in [0.2, 0.25) is 0 Å². The molecule has 1 aromatic heterocycles. The maximum absolute atomic E-state index is 12.9. The van der Waals surface area contributed by atoms with E-state index < -0.39 is 5.97 Å². The number of nitrogen functional groups attached to an aromatic ring is 1. The number of halogens is 1. The van der Waals surface area contributed by atoms with Crippen molar-refractivity contribution < 1.29 is 18.7 Å². The predicted octanol–water partition coefficient (Wildman–Crippen LogP) is 4.65. The molecule has 0 aliphatic heterocycles. The van der Waals surface area contributed by atoms with Gasteiger partial charge in [0.25, 0.3) is 0 Å². The highest BCUT2D eigenvalue weighted by atomic mass is 19.1. The fourth-order valence-electron chi connectivity index (χ4n) is 2.65. The number of nitrogens with one attached hydrogen (secondary N) is 2. The predicted molar refractivity (Wildman–Crippen MR) is 119 cm³/mol. The Hall–Kier alpha value is -4.07. The van der Waals surface area contributed by atoms with Crippen molar-refractivity contribution in [3.63, 3.8) is 0 Å². The van der Waals surface area contributed by atoms with Gasteiger partial charge in [-0.2, -0.15) is 0 Å². The number of hydrogen-bond donors (Lipinski definition) is 3. The lowest BCUT2D eigenvalue weighted by atomic mass is 10.2. The molecule has 0 bridgehead atoms. The minimum Gasteiger partial charge on any atom is -0.463 e. The summed E-state index contributed by atoms with van der Waals surface area (Å²) in [5.74, 6) is 0.550. The summed E-state index contributed by atoms with van der Waals surface area (Å²) in [5, 5.41) is 6.36. The highest BCUT2D eigenvalue weighted by molar-refractivity contribution is 5.88. The van der Waals surface area contributed by atoms with Crippen molar-refractivity contribution >= 4 is 29.2 Å². The van der Waals surface area contributed by atoms with E-state index in [1.807, 2.05) is 12.1 Å². The Kier molecular flexibility index (Phi) is 7.42. The highest BCUT2D eigenvalue weighted by Gasteiger charge is 2.08. The lowest BCUT2D eigenvalue weighted by molar-refractivity contribution is -0.137. The maximum atomic E-state index is 12.9. The number of carbonyl (C=O) groups is 1. The standard InChI is InChI=1S/C23H23FN4O3/c1-2-30-22(29)12-11-20-21(13-14-26-23(20)25)31-19-9-7-18(8-10-19)28-15-27-17-5-3-16(24)4-6-17/h3-14,27-28H,2,15H2,1H3,(H2,25,26). The first kappa shape index (κ1) is 21.6. The van der Waals surface area contributed by atoms with Gasteiger partial charge in [0, 0.05) is 23.6 Å². The van der Waals surface area contributed by atoms with Crippen molar-refractivity contribution in [3.05, 3.63) is 78.3 Å². The molecule has 0 spiro atoms. The molecule has 0 radical (unpaired) electrons. The number of aromatic nitrogens is 1. The molecule has 0 fully saturated rings. The third-order valence-electron chi connectivity index (χ3n) is 4.16. The monoisotopic (exact) mass is 422 g/mol. The first-order valence-corrected chi connectivity index (χ1v) is 9.65. The third-order valence-corrected chi connectivity index (χ3v) is 4.16. The lowest BCUT2D eigenvalue weighted by Gasteiger charge is -2.12. The number of benzene rings is 2. The minimum atomic E-state index is -0.471. The normalized spacial score (nSPS) is 10.6. The number of carbonyl (C=O) groups excluding carboxylic acids is 1. The van der Waals surface area contributed by atoms with Crippen molar-refractivity contribution in [1.82, 2.24) is 4.98 Å². The number of nitrogens with two attached hydrogens (primary N) is 1. The topological polar surface area (TPSA) is 98.5 Å². The maximum Gasteiger partial charge on any atom is 0.330 e. The second-order valence-electron chi connectivity index (χ2n) is 6.36. The van der Waals surface area contributed by atoms with Gasteiger partial charge in [-0.15, -0.1) is 0 Å². The third kappa shape index (κ3) is 6.46. The van der Waals surface area contributed by atoms with Crippen molar-refractivity contribution in [3.8, 4) is 11.5 Å². The Bertz CT molecular complexity index is 1040. The zero-order chi connectivity index (χ0) is 22.1. The van der Waals surface area contributed by atoms with Crippen LogP contribution in [0.25, 0.3) is 6.08 Å². The van der Waals surface area contributed by atoms with Crippen molar-refractivity contribution in [2.24, 2.45) is 0 Å². The van der Waals surface area contributed by atoms with Crippen molar-refractivity contribution in [2.75, 3.05) is 29.6 Å². The molecule has 3 rings (SSSR count). The molecule has 0 amide bonds. The van der Waals surface area contributed by atoms with Crippen LogP contribution in [0.5, 0.6) is 11.5 Å². The molecule has 0 aliphatic rings. The Balaban J connectivity index is 1.61. The van der Waals surface area contributed by atoms with Gasteiger partial charge in [-0.1, -0.05) is 0 Å². The number of rotatable bonds is 9. The summed E-state index contributed by atoms with van der Waals surface area (Å²) in [4.78, 5) is 15.6. The van der Waals surface area contributed by atoms with Crippen molar-refractivity contribution in [2.45, 2.75) is 6.92 Å². The molecule has 2 aromatic carbocycles. The van der Waals surface area contributed by atoms with Crippen LogP contribution in [0.3, 0.4) is 0 Å². The molecule has 0 saturated carbocycles. The van der Waals surface area contributed by atoms with E-state index in [9.17, 15) is 9.18 Å². The van der Waals surface area contributed by atoms with Gasteiger partial charge >= 0.3 is 5.97 Å². The smallest absolute Gasteiger partial charge is 0.330 e. The summed E-state index contributed by atoms with van der Waals surface area (Å²) in [7, 11) is 0. The summed E-state index contributed by atoms with van der Waals surface area (Å²) in [5.41, 5.74) is 8.11. The van der Waals surface area contributed by atoms with Crippen LogP contribution in [0, 0.1) is 5.82 Å². The van der Waals surface area contributed by atoms with Crippen LogP contribution >= 0.6 is 0 Å². The lowest BCUT2D eigenvalue weighted by Crippen LogP contribution is -2.11. The van der Waals surface area contributed by atoms with Gasteiger partial charge in [0.15, 0.2) is 0 Å². The van der Waals surface area contributed by atoms with Crippen LogP contribution in [0.4, 0.5) is 21.6 Å². The second-order valence-corrected chi connectivity index (χ2v) is 6.36. The van der Waals surface area contributed by atoms with Gasteiger partial charge in [-0.25, -0.2) is 14.2 Å². The summed E-state index contributed by atoms with van der Waals surface area (Å²) in [6.45, 7) is 2.49. The van der Waals surface area contributed by atoms with Crippen LogP contribution in [0.15, 0.2) is 66.9 Å². The zero-order valence-electron chi connectivity index (χ0n) is 17.0. The molecule has 3 aromatic rings. The molecule has 31 heavy (non-hydrogen) atoms. The molecule has 0 aliphatic carbocycles. The molecule has 160 valence electrons. The molecule has 0 atom stereocenters. The molecule has 1 heterocycles. The molecule has 8 heteroatoms. The summed E-state index contributed by atoms with van der Waals surface area (Å²) in [6.07, 6.45) is 4.33. The second kappa shape index (κ2) is 10.6. The number of pyridine rings is 1. The van der Waals surface area contributed by atoms with E-state index in [0.29, 0.717) is 23.7 Å². The zero-order valence-corrected chi connectivity index (χ0v) is 17.0. The SMILES string of the molecule is CCOC(=O)C=Cc1c(Oc2ccc(NCNc3ccc(F)cc3)cc2)ccnc1N. The Morgan fingerprint density at radius 1 is 1.06 bits per heavy atom. The molecule has 0 unspecified atom stereocenters. The van der Waals surface area contributed by atoms with Crippen LogP contribution in [-0.4, -0.2) is 24.2 Å². The average Bonchev–Trinajstić information content (AvgIpc) is 2.76. The number of ether oxygens (including phenoxy) is 2. The first-order chi connectivity index (χ1) is 15.0. The minimum absolute atomic E-state index is 0.239. The van der Waals surface area contributed by atoms with Crippen LogP contribution in [0.2, 0.25) is 0 Å². The summed E-state index contributed by atoms with van der Waals surface area (Å²) < 4.78 is 23.7. The van der Waals surface area contributed by atoms with Crippen LogP contribution in [-0.2, 0) is 9.53 Å². The fraction of sp³-hybridized carbons (Fsp3) is 0.130. The van der Waals surface area contributed by atoms with Gasteiger partial charge in [0.1, 0.15) is 23.1 Å². The number of hydrogen-bond acceptors (Lipinski definition) is 7. The van der Waals surface area contributed by atoms with Crippen molar-refractivity contribution in [1.29, 1.82) is 0 Å².